The molecule has 0 N–H and O–H groups in total. The second-order valence-corrected chi connectivity index (χ2v) is 5.16. The van der Waals surface area contributed by atoms with E-state index >= 15 is 0 Å². The normalized spacial score (nSPS) is 17.1. The van der Waals surface area contributed by atoms with E-state index in [9.17, 15) is 4.79 Å². The lowest BCUT2D eigenvalue weighted by atomic mass is 10.1. The van der Waals surface area contributed by atoms with E-state index in [4.69, 9.17) is 16.3 Å². The Morgan fingerprint density at radius 1 is 1.25 bits per heavy atom. The third-order valence-electron chi connectivity index (χ3n) is 3.48. The first-order valence-corrected chi connectivity index (χ1v) is 7.05. The summed E-state index contributed by atoms with van der Waals surface area (Å²) < 4.78 is 5.26. The summed E-state index contributed by atoms with van der Waals surface area (Å²) in [6.07, 6.45) is 1.72. The van der Waals surface area contributed by atoms with Crippen molar-refractivity contribution >= 4 is 28.4 Å². The SMILES string of the molecule is O=C(C(Cl)c1cccc2cccnc12)N1CCOCC1. The van der Waals surface area contributed by atoms with Gasteiger partial charge in [-0.3, -0.25) is 9.78 Å². The standard InChI is InChI=1S/C15H15ClN2O2/c16-13(15(19)18-7-9-20-10-8-18)12-5-1-3-11-4-2-6-17-14(11)12/h1-6,13H,7-10H2. The number of morpholine rings is 1. The lowest BCUT2D eigenvalue weighted by Gasteiger charge is -2.28. The minimum atomic E-state index is -0.702. The van der Waals surface area contributed by atoms with E-state index in [-0.39, 0.29) is 5.91 Å². The van der Waals surface area contributed by atoms with Crippen LogP contribution in [0, 0.1) is 0 Å². The van der Waals surface area contributed by atoms with Crippen LogP contribution >= 0.6 is 11.6 Å². The van der Waals surface area contributed by atoms with Gasteiger partial charge in [0.2, 0.25) is 5.91 Å². The van der Waals surface area contributed by atoms with Crippen molar-refractivity contribution in [3.8, 4) is 0 Å². The van der Waals surface area contributed by atoms with E-state index in [0.717, 1.165) is 16.5 Å². The first-order valence-electron chi connectivity index (χ1n) is 6.61. The van der Waals surface area contributed by atoms with E-state index in [0.29, 0.717) is 26.3 Å². The number of carbonyl (C=O) groups excluding carboxylic acids is 1. The summed E-state index contributed by atoms with van der Waals surface area (Å²) in [6, 6.07) is 9.58. The van der Waals surface area contributed by atoms with Gasteiger partial charge in [0, 0.05) is 30.2 Å². The van der Waals surface area contributed by atoms with Crippen molar-refractivity contribution in [1.82, 2.24) is 9.88 Å². The van der Waals surface area contributed by atoms with E-state index in [1.807, 2.05) is 30.3 Å². The van der Waals surface area contributed by atoms with E-state index in [1.54, 1.807) is 11.1 Å². The Balaban J connectivity index is 1.91. The van der Waals surface area contributed by atoms with Crippen LogP contribution in [-0.2, 0) is 9.53 Å². The molecule has 1 unspecified atom stereocenters. The van der Waals surface area contributed by atoms with Crippen molar-refractivity contribution in [3.63, 3.8) is 0 Å². The third-order valence-corrected chi connectivity index (χ3v) is 3.90. The van der Waals surface area contributed by atoms with Gasteiger partial charge in [0.25, 0.3) is 0 Å². The molecule has 0 saturated carbocycles. The van der Waals surface area contributed by atoms with Gasteiger partial charge in [-0.05, 0) is 6.07 Å². The Kier molecular flexibility index (Phi) is 3.85. The zero-order chi connectivity index (χ0) is 13.9. The van der Waals surface area contributed by atoms with Crippen molar-refractivity contribution in [1.29, 1.82) is 0 Å². The maximum atomic E-state index is 12.5. The summed E-state index contributed by atoms with van der Waals surface area (Å²) in [5.74, 6) is -0.0758. The van der Waals surface area contributed by atoms with Crippen LogP contribution in [0.3, 0.4) is 0 Å². The smallest absolute Gasteiger partial charge is 0.245 e. The molecular formula is C15H15ClN2O2. The molecule has 1 aromatic carbocycles. The maximum Gasteiger partial charge on any atom is 0.245 e. The molecular weight excluding hydrogens is 276 g/mol. The molecule has 0 spiro atoms. The molecule has 1 fully saturated rings. The molecule has 20 heavy (non-hydrogen) atoms. The van der Waals surface area contributed by atoms with Crippen LogP contribution in [0.1, 0.15) is 10.9 Å². The molecule has 4 nitrogen and oxygen atoms in total. The van der Waals surface area contributed by atoms with Crippen molar-refractivity contribution in [3.05, 3.63) is 42.1 Å². The first-order chi connectivity index (χ1) is 9.77. The maximum absolute atomic E-state index is 12.5. The van der Waals surface area contributed by atoms with Gasteiger partial charge in [0.05, 0.1) is 18.7 Å². The predicted molar refractivity (Wildman–Crippen MR) is 77.7 cm³/mol. The van der Waals surface area contributed by atoms with E-state index in [1.165, 1.54) is 0 Å². The molecule has 0 bridgehead atoms. The zero-order valence-electron chi connectivity index (χ0n) is 11.0. The molecule has 0 aliphatic carbocycles. The number of para-hydroxylation sites is 1. The Morgan fingerprint density at radius 3 is 2.80 bits per heavy atom. The van der Waals surface area contributed by atoms with Gasteiger partial charge < -0.3 is 9.64 Å². The van der Waals surface area contributed by atoms with Crippen molar-refractivity contribution in [2.45, 2.75) is 5.38 Å². The second kappa shape index (κ2) is 5.77. The number of halogens is 1. The van der Waals surface area contributed by atoms with Gasteiger partial charge in [-0.25, -0.2) is 0 Å². The molecule has 5 heteroatoms. The molecule has 1 aliphatic heterocycles. The van der Waals surface area contributed by atoms with Crippen LogP contribution in [0.5, 0.6) is 0 Å². The van der Waals surface area contributed by atoms with E-state index < -0.39 is 5.38 Å². The fourth-order valence-electron chi connectivity index (χ4n) is 2.41. The summed E-state index contributed by atoms with van der Waals surface area (Å²) in [6.45, 7) is 2.34. The van der Waals surface area contributed by atoms with Gasteiger partial charge in [-0.1, -0.05) is 24.3 Å². The summed E-state index contributed by atoms with van der Waals surface area (Å²) in [7, 11) is 0. The summed E-state index contributed by atoms with van der Waals surface area (Å²) in [4.78, 5) is 18.6. The molecule has 1 amide bonds. The highest BCUT2D eigenvalue weighted by Gasteiger charge is 2.26. The highest BCUT2D eigenvalue weighted by Crippen LogP contribution is 2.29. The van der Waals surface area contributed by atoms with Gasteiger partial charge in [-0.15, -0.1) is 11.6 Å². The topological polar surface area (TPSA) is 42.4 Å². The Morgan fingerprint density at radius 2 is 2.00 bits per heavy atom. The average Bonchev–Trinajstić information content (AvgIpc) is 2.54. The number of pyridine rings is 1. The van der Waals surface area contributed by atoms with Crippen molar-refractivity contribution in [2.24, 2.45) is 0 Å². The summed E-state index contributed by atoms with van der Waals surface area (Å²) in [5, 5.41) is 0.289. The number of fused-ring (bicyclic) bond motifs is 1. The molecule has 104 valence electrons. The number of nitrogens with zero attached hydrogens (tertiary/aromatic N) is 2. The van der Waals surface area contributed by atoms with Gasteiger partial charge in [0.15, 0.2) is 0 Å². The van der Waals surface area contributed by atoms with Gasteiger partial charge >= 0.3 is 0 Å². The largest absolute Gasteiger partial charge is 0.378 e. The average molecular weight is 291 g/mol. The molecule has 1 atom stereocenters. The van der Waals surface area contributed by atoms with Crippen LogP contribution in [-0.4, -0.2) is 42.1 Å². The highest BCUT2D eigenvalue weighted by atomic mass is 35.5. The van der Waals surface area contributed by atoms with Crippen LogP contribution < -0.4 is 0 Å². The predicted octanol–water partition coefficient (Wildman–Crippen LogP) is 2.37. The number of rotatable bonds is 2. The Bertz CT molecular complexity index is 621. The Labute approximate surface area is 122 Å². The lowest BCUT2D eigenvalue weighted by Crippen LogP contribution is -2.42. The van der Waals surface area contributed by atoms with Crippen LogP contribution in [0.4, 0.5) is 0 Å². The minimum Gasteiger partial charge on any atom is -0.378 e. The molecule has 1 saturated heterocycles. The minimum absolute atomic E-state index is 0.0758. The molecule has 2 heterocycles. The van der Waals surface area contributed by atoms with Crippen LogP contribution in [0.15, 0.2) is 36.5 Å². The third kappa shape index (κ3) is 2.49. The monoisotopic (exact) mass is 290 g/mol. The quantitative estimate of drug-likeness (QED) is 0.798. The molecule has 3 rings (SSSR count). The van der Waals surface area contributed by atoms with Gasteiger partial charge in [-0.2, -0.15) is 0 Å². The second-order valence-electron chi connectivity index (χ2n) is 4.72. The van der Waals surface area contributed by atoms with Crippen LogP contribution in [0.2, 0.25) is 0 Å². The Hall–Kier alpha value is -1.65. The summed E-state index contributed by atoms with van der Waals surface area (Å²) >= 11 is 6.40. The number of hydrogen-bond donors (Lipinski definition) is 0. The highest BCUT2D eigenvalue weighted by molar-refractivity contribution is 6.31. The number of alkyl halides is 1. The first kappa shape index (κ1) is 13.3. The van der Waals surface area contributed by atoms with E-state index in [2.05, 4.69) is 4.98 Å². The lowest BCUT2D eigenvalue weighted by molar-refractivity contribution is -0.134. The molecule has 0 radical (unpaired) electrons. The van der Waals surface area contributed by atoms with Crippen molar-refractivity contribution < 1.29 is 9.53 Å². The number of amides is 1. The van der Waals surface area contributed by atoms with Crippen LogP contribution in [0.25, 0.3) is 10.9 Å². The van der Waals surface area contributed by atoms with Gasteiger partial charge in [0.1, 0.15) is 5.38 Å². The fourth-order valence-corrected chi connectivity index (χ4v) is 2.72. The number of hydrogen-bond acceptors (Lipinski definition) is 3. The fraction of sp³-hybridized carbons (Fsp3) is 0.333. The molecule has 2 aromatic rings. The van der Waals surface area contributed by atoms with Crippen molar-refractivity contribution in [2.75, 3.05) is 26.3 Å². The number of carbonyl (C=O) groups is 1. The summed E-state index contributed by atoms with van der Waals surface area (Å²) in [5.41, 5.74) is 1.55. The zero-order valence-corrected chi connectivity index (χ0v) is 11.7. The number of aromatic nitrogens is 1. The molecule has 1 aromatic heterocycles. The molecule has 1 aliphatic rings. The number of ether oxygens (including phenoxy) is 1. The number of benzene rings is 1.